The van der Waals surface area contributed by atoms with Gasteiger partial charge in [0.15, 0.2) is 0 Å². The van der Waals surface area contributed by atoms with Crippen LogP contribution in [0.25, 0.3) is 0 Å². The van der Waals surface area contributed by atoms with Crippen LogP contribution in [0.15, 0.2) is 23.1 Å². The second kappa shape index (κ2) is 4.67. The van der Waals surface area contributed by atoms with E-state index in [0.29, 0.717) is 10.8 Å². The number of sulfonamides is 1. The van der Waals surface area contributed by atoms with E-state index in [2.05, 4.69) is 0 Å². The Morgan fingerprint density at radius 1 is 1.28 bits per heavy atom. The van der Waals surface area contributed by atoms with Crippen molar-refractivity contribution in [3.8, 4) is 0 Å². The molecule has 0 bridgehead atoms. The average molecular weight is 267 g/mol. The molecule has 100 valence electrons. The molecule has 18 heavy (non-hydrogen) atoms. The minimum Gasteiger partial charge on any atom is -0.207 e. The summed E-state index contributed by atoms with van der Waals surface area (Å²) >= 11 is 0. The Labute approximate surface area is 110 Å². The highest BCUT2D eigenvalue weighted by Crippen LogP contribution is 2.36. The van der Waals surface area contributed by atoms with Crippen molar-refractivity contribution < 1.29 is 8.42 Å². The third-order valence-corrected chi connectivity index (χ3v) is 5.96. The molecule has 0 saturated heterocycles. The molecular formula is C14H21NO2S. The van der Waals surface area contributed by atoms with Crippen molar-refractivity contribution >= 4 is 10.0 Å². The zero-order chi connectivity index (χ0) is 13.5. The maximum atomic E-state index is 12.6. The molecule has 0 N–H and O–H groups in total. The number of nitrogens with zero attached hydrogens (tertiary/aromatic N) is 1. The molecule has 1 saturated carbocycles. The van der Waals surface area contributed by atoms with E-state index >= 15 is 0 Å². The lowest BCUT2D eigenvalue weighted by Gasteiger charge is -2.25. The van der Waals surface area contributed by atoms with Gasteiger partial charge in [-0.1, -0.05) is 12.1 Å². The highest BCUT2D eigenvalue weighted by molar-refractivity contribution is 7.89. The van der Waals surface area contributed by atoms with Crippen molar-refractivity contribution in [1.29, 1.82) is 0 Å². The lowest BCUT2D eigenvalue weighted by atomic mass is 10.2. The van der Waals surface area contributed by atoms with Crippen LogP contribution in [0.1, 0.15) is 30.9 Å². The zero-order valence-corrected chi connectivity index (χ0v) is 12.3. The van der Waals surface area contributed by atoms with Gasteiger partial charge in [0.1, 0.15) is 0 Å². The molecule has 1 aromatic rings. The van der Waals surface area contributed by atoms with Gasteiger partial charge in [-0.15, -0.1) is 0 Å². The number of benzene rings is 1. The Kier molecular flexibility index (Phi) is 3.52. The van der Waals surface area contributed by atoms with Gasteiger partial charge in [0.05, 0.1) is 4.90 Å². The van der Waals surface area contributed by atoms with E-state index in [1.165, 1.54) is 4.31 Å². The Morgan fingerprint density at radius 2 is 1.89 bits per heavy atom. The molecule has 1 aromatic carbocycles. The Hall–Kier alpha value is -0.870. The fraction of sp³-hybridized carbons (Fsp3) is 0.571. The van der Waals surface area contributed by atoms with Crippen LogP contribution in [0, 0.1) is 19.8 Å². The SMILES string of the molecule is Cc1ccc(C)c(S(=O)(=O)N(C)C(C)C2CC2)c1. The molecule has 1 atom stereocenters. The number of aryl methyl sites for hydroxylation is 2. The van der Waals surface area contributed by atoms with Crippen LogP contribution in [0.2, 0.25) is 0 Å². The van der Waals surface area contributed by atoms with Crippen LogP contribution in [0.5, 0.6) is 0 Å². The summed E-state index contributed by atoms with van der Waals surface area (Å²) in [5.74, 6) is 0.537. The Morgan fingerprint density at radius 3 is 2.44 bits per heavy atom. The molecule has 0 spiro atoms. The summed E-state index contributed by atoms with van der Waals surface area (Å²) in [6.45, 7) is 5.77. The van der Waals surface area contributed by atoms with Crippen LogP contribution < -0.4 is 0 Å². The Bertz CT molecular complexity index is 547. The summed E-state index contributed by atoms with van der Waals surface area (Å²) in [5.41, 5.74) is 1.79. The molecule has 1 fully saturated rings. The van der Waals surface area contributed by atoms with Crippen molar-refractivity contribution in [3.63, 3.8) is 0 Å². The molecule has 1 aliphatic rings. The van der Waals surface area contributed by atoms with Gasteiger partial charge < -0.3 is 0 Å². The minimum atomic E-state index is -3.36. The molecule has 3 nitrogen and oxygen atoms in total. The van der Waals surface area contributed by atoms with Crippen molar-refractivity contribution in [2.45, 2.75) is 44.6 Å². The van der Waals surface area contributed by atoms with E-state index in [-0.39, 0.29) is 6.04 Å². The minimum absolute atomic E-state index is 0.0925. The molecule has 0 heterocycles. The largest absolute Gasteiger partial charge is 0.243 e. The van der Waals surface area contributed by atoms with Crippen molar-refractivity contribution in [1.82, 2.24) is 4.31 Å². The summed E-state index contributed by atoms with van der Waals surface area (Å²) in [5, 5.41) is 0. The second-order valence-corrected chi connectivity index (χ2v) is 7.33. The van der Waals surface area contributed by atoms with Crippen LogP contribution in [0.3, 0.4) is 0 Å². The van der Waals surface area contributed by atoms with Crippen molar-refractivity contribution in [3.05, 3.63) is 29.3 Å². The first kappa shape index (κ1) is 13.6. The molecule has 1 unspecified atom stereocenters. The predicted octanol–water partition coefficient (Wildman–Crippen LogP) is 2.72. The molecule has 0 aliphatic heterocycles. The van der Waals surface area contributed by atoms with E-state index in [1.807, 2.05) is 32.9 Å². The summed E-state index contributed by atoms with van der Waals surface area (Å²) in [4.78, 5) is 0.442. The highest BCUT2D eigenvalue weighted by atomic mass is 32.2. The van der Waals surface area contributed by atoms with E-state index in [4.69, 9.17) is 0 Å². The fourth-order valence-electron chi connectivity index (χ4n) is 2.23. The van der Waals surface area contributed by atoms with E-state index in [1.54, 1.807) is 13.1 Å². The van der Waals surface area contributed by atoms with Gasteiger partial charge in [-0.2, -0.15) is 4.31 Å². The molecule has 0 aromatic heterocycles. The molecule has 4 heteroatoms. The van der Waals surface area contributed by atoms with E-state index in [9.17, 15) is 8.42 Å². The van der Waals surface area contributed by atoms with Gasteiger partial charge in [-0.25, -0.2) is 8.42 Å². The first-order valence-corrected chi connectivity index (χ1v) is 7.83. The first-order valence-electron chi connectivity index (χ1n) is 6.39. The average Bonchev–Trinajstić information content (AvgIpc) is 3.14. The predicted molar refractivity (Wildman–Crippen MR) is 73.1 cm³/mol. The molecule has 0 amide bonds. The van der Waals surface area contributed by atoms with Gasteiger partial charge >= 0.3 is 0 Å². The van der Waals surface area contributed by atoms with Crippen LogP contribution in [-0.4, -0.2) is 25.8 Å². The van der Waals surface area contributed by atoms with Crippen molar-refractivity contribution in [2.75, 3.05) is 7.05 Å². The third-order valence-electron chi connectivity index (χ3n) is 3.88. The highest BCUT2D eigenvalue weighted by Gasteiger charge is 2.36. The topological polar surface area (TPSA) is 37.4 Å². The smallest absolute Gasteiger partial charge is 0.207 e. The summed E-state index contributed by atoms with van der Waals surface area (Å²) in [6.07, 6.45) is 2.29. The molecule has 0 radical (unpaired) electrons. The van der Waals surface area contributed by atoms with Gasteiger partial charge in [-0.3, -0.25) is 0 Å². The van der Waals surface area contributed by atoms with E-state index in [0.717, 1.165) is 24.0 Å². The van der Waals surface area contributed by atoms with Crippen LogP contribution in [0.4, 0.5) is 0 Å². The molecule has 2 rings (SSSR count). The van der Waals surface area contributed by atoms with E-state index < -0.39 is 10.0 Å². The lowest BCUT2D eigenvalue weighted by Crippen LogP contribution is -2.36. The normalized spacial score (nSPS) is 18.1. The van der Waals surface area contributed by atoms with Gasteiger partial charge in [0.25, 0.3) is 0 Å². The third kappa shape index (κ3) is 2.45. The quantitative estimate of drug-likeness (QED) is 0.841. The summed E-state index contributed by atoms with van der Waals surface area (Å²) in [6, 6.07) is 5.67. The number of hydrogen-bond acceptors (Lipinski definition) is 2. The maximum absolute atomic E-state index is 12.6. The number of hydrogen-bond donors (Lipinski definition) is 0. The van der Waals surface area contributed by atoms with Crippen LogP contribution in [-0.2, 0) is 10.0 Å². The van der Waals surface area contributed by atoms with Gasteiger partial charge in [0.2, 0.25) is 10.0 Å². The van der Waals surface area contributed by atoms with Gasteiger partial charge in [0, 0.05) is 13.1 Å². The second-order valence-electron chi connectivity index (χ2n) is 5.37. The number of rotatable bonds is 4. The monoisotopic (exact) mass is 267 g/mol. The molecular weight excluding hydrogens is 246 g/mol. The Balaban J connectivity index is 2.37. The first-order chi connectivity index (χ1) is 8.34. The van der Waals surface area contributed by atoms with Gasteiger partial charge in [-0.05, 0) is 56.7 Å². The maximum Gasteiger partial charge on any atom is 0.243 e. The summed E-state index contributed by atoms with van der Waals surface area (Å²) < 4.78 is 26.7. The summed E-state index contributed by atoms with van der Waals surface area (Å²) in [7, 11) is -1.67. The lowest BCUT2D eigenvalue weighted by molar-refractivity contribution is 0.357. The standard InChI is InChI=1S/C14H21NO2S/c1-10-5-6-11(2)14(9-10)18(16,17)15(4)12(3)13-7-8-13/h5-6,9,12-13H,7-8H2,1-4H3. The zero-order valence-electron chi connectivity index (χ0n) is 11.5. The van der Waals surface area contributed by atoms with Crippen LogP contribution >= 0.6 is 0 Å². The van der Waals surface area contributed by atoms with Crippen molar-refractivity contribution in [2.24, 2.45) is 5.92 Å². The molecule has 1 aliphatic carbocycles. The fourth-order valence-corrected chi connectivity index (χ4v) is 3.96.